The summed E-state index contributed by atoms with van der Waals surface area (Å²) < 4.78 is 26.2. The Labute approximate surface area is 101 Å². The maximum Gasteiger partial charge on any atom is 0.126 e. The minimum Gasteiger partial charge on any atom is -0.314 e. The average molecular weight is 239 g/mol. The van der Waals surface area contributed by atoms with Gasteiger partial charge in [0.25, 0.3) is 0 Å². The molecule has 0 aromatic heterocycles. The highest BCUT2D eigenvalue weighted by Gasteiger charge is 2.19. The van der Waals surface area contributed by atoms with Crippen molar-refractivity contribution in [3.8, 4) is 0 Å². The van der Waals surface area contributed by atoms with Crippen LogP contribution in [0, 0.1) is 11.6 Å². The van der Waals surface area contributed by atoms with Gasteiger partial charge in [-0.25, -0.2) is 8.78 Å². The summed E-state index contributed by atoms with van der Waals surface area (Å²) in [7, 11) is 0. The Morgan fingerprint density at radius 2 is 1.94 bits per heavy atom. The number of benzene rings is 1. The quantitative estimate of drug-likeness (QED) is 0.719. The van der Waals surface area contributed by atoms with Crippen LogP contribution in [0.1, 0.15) is 37.7 Å². The van der Waals surface area contributed by atoms with Crippen molar-refractivity contribution in [2.45, 2.75) is 44.6 Å². The number of nitrogens with one attached hydrogen (secondary N) is 1. The normalized spacial score (nSPS) is 15.2. The number of aryl methyl sites for hydroxylation is 1. The molecule has 17 heavy (non-hydrogen) atoms. The van der Waals surface area contributed by atoms with E-state index in [1.165, 1.54) is 31.0 Å². The summed E-state index contributed by atoms with van der Waals surface area (Å²) in [5.74, 6) is -0.640. The monoisotopic (exact) mass is 239 g/mol. The molecule has 94 valence electrons. The smallest absolute Gasteiger partial charge is 0.126 e. The molecule has 0 saturated heterocycles. The summed E-state index contributed by atoms with van der Waals surface area (Å²) >= 11 is 0. The third-order valence-corrected chi connectivity index (χ3v) is 3.14. The highest BCUT2D eigenvalue weighted by atomic mass is 19.1. The first kappa shape index (κ1) is 12.5. The maximum absolute atomic E-state index is 13.3. The predicted molar refractivity (Wildman–Crippen MR) is 64.9 cm³/mol. The fraction of sp³-hybridized carbons (Fsp3) is 0.571. The van der Waals surface area contributed by atoms with E-state index in [1.54, 1.807) is 0 Å². The first-order valence-electron chi connectivity index (χ1n) is 6.43. The van der Waals surface area contributed by atoms with Gasteiger partial charge in [-0.1, -0.05) is 6.42 Å². The van der Waals surface area contributed by atoms with Gasteiger partial charge in [0.05, 0.1) is 0 Å². The Morgan fingerprint density at radius 1 is 1.12 bits per heavy atom. The summed E-state index contributed by atoms with van der Waals surface area (Å²) in [5, 5.41) is 3.44. The van der Waals surface area contributed by atoms with Gasteiger partial charge in [0.1, 0.15) is 11.6 Å². The van der Waals surface area contributed by atoms with Crippen LogP contribution >= 0.6 is 0 Å². The van der Waals surface area contributed by atoms with Crippen LogP contribution in [0.25, 0.3) is 0 Å². The number of hydrogen-bond donors (Lipinski definition) is 1. The molecule has 0 bridgehead atoms. The highest BCUT2D eigenvalue weighted by Crippen LogP contribution is 2.18. The molecule has 0 heterocycles. The Balaban J connectivity index is 1.61. The van der Waals surface area contributed by atoms with Gasteiger partial charge in [-0.2, -0.15) is 0 Å². The molecule has 1 aromatic rings. The molecule has 1 aromatic carbocycles. The summed E-state index contributed by atoms with van der Waals surface area (Å²) in [6.07, 6.45) is 6.37. The second-order valence-corrected chi connectivity index (χ2v) is 4.77. The van der Waals surface area contributed by atoms with E-state index in [4.69, 9.17) is 0 Å². The summed E-state index contributed by atoms with van der Waals surface area (Å²) in [5.41, 5.74) is 0.500. The van der Waals surface area contributed by atoms with Gasteiger partial charge in [-0.05, 0) is 62.4 Å². The molecule has 1 saturated carbocycles. The van der Waals surface area contributed by atoms with E-state index >= 15 is 0 Å². The molecule has 1 N–H and O–H groups in total. The number of halogens is 2. The number of hydrogen-bond acceptors (Lipinski definition) is 1. The Kier molecular flexibility index (Phi) is 4.49. The van der Waals surface area contributed by atoms with E-state index in [1.807, 2.05) is 0 Å². The highest BCUT2D eigenvalue weighted by molar-refractivity contribution is 5.18. The fourth-order valence-corrected chi connectivity index (χ4v) is 1.95. The topological polar surface area (TPSA) is 12.0 Å². The zero-order chi connectivity index (χ0) is 12.1. The molecule has 0 radical (unpaired) electrons. The van der Waals surface area contributed by atoms with Gasteiger partial charge in [0.15, 0.2) is 0 Å². The van der Waals surface area contributed by atoms with Crippen LogP contribution in [0.3, 0.4) is 0 Å². The Morgan fingerprint density at radius 3 is 2.71 bits per heavy atom. The van der Waals surface area contributed by atoms with E-state index in [2.05, 4.69) is 5.32 Å². The standard InChI is InChI=1S/C14H19F2N/c15-12-5-8-14(16)11(10-12)4-2-1-3-9-17-13-6-7-13/h5,8,10,13,17H,1-4,6-7,9H2. The fourth-order valence-electron chi connectivity index (χ4n) is 1.95. The molecular weight excluding hydrogens is 220 g/mol. The Bertz CT molecular complexity index is 361. The zero-order valence-electron chi connectivity index (χ0n) is 10.0. The van der Waals surface area contributed by atoms with Gasteiger partial charge >= 0.3 is 0 Å². The molecule has 1 aliphatic rings. The van der Waals surface area contributed by atoms with E-state index < -0.39 is 0 Å². The van der Waals surface area contributed by atoms with Crippen LogP contribution in [0.4, 0.5) is 8.78 Å². The van der Waals surface area contributed by atoms with E-state index in [-0.39, 0.29) is 11.6 Å². The lowest BCUT2D eigenvalue weighted by Crippen LogP contribution is -2.17. The lowest BCUT2D eigenvalue weighted by atomic mass is 10.1. The van der Waals surface area contributed by atoms with Crippen molar-refractivity contribution in [1.82, 2.24) is 5.32 Å². The van der Waals surface area contributed by atoms with Crippen molar-refractivity contribution in [2.75, 3.05) is 6.54 Å². The largest absolute Gasteiger partial charge is 0.314 e. The van der Waals surface area contributed by atoms with Crippen LogP contribution in [0.2, 0.25) is 0 Å². The van der Waals surface area contributed by atoms with Gasteiger partial charge in [0.2, 0.25) is 0 Å². The second kappa shape index (κ2) is 6.10. The van der Waals surface area contributed by atoms with Gasteiger partial charge in [0, 0.05) is 6.04 Å². The lowest BCUT2D eigenvalue weighted by molar-refractivity contribution is 0.566. The van der Waals surface area contributed by atoms with E-state index in [9.17, 15) is 8.78 Å². The van der Waals surface area contributed by atoms with Crippen LogP contribution < -0.4 is 5.32 Å². The maximum atomic E-state index is 13.3. The lowest BCUT2D eigenvalue weighted by Gasteiger charge is -2.04. The minimum atomic E-state index is -0.350. The molecule has 3 heteroatoms. The predicted octanol–water partition coefficient (Wildman–Crippen LogP) is 3.43. The number of rotatable bonds is 7. The van der Waals surface area contributed by atoms with Crippen LogP contribution in [0.15, 0.2) is 18.2 Å². The molecule has 2 rings (SSSR count). The minimum absolute atomic E-state index is 0.289. The molecule has 1 nitrogen and oxygen atoms in total. The van der Waals surface area contributed by atoms with Crippen molar-refractivity contribution in [1.29, 1.82) is 0 Å². The zero-order valence-corrected chi connectivity index (χ0v) is 10.0. The van der Waals surface area contributed by atoms with Gasteiger partial charge in [-0.15, -0.1) is 0 Å². The molecule has 0 amide bonds. The van der Waals surface area contributed by atoms with E-state index in [0.29, 0.717) is 12.0 Å². The van der Waals surface area contributed by atoms with Crippen molar-refractivity contribution in [3.63, 3.8) is 0 Å². The van der Waals surface area contributed by atoms with Crippen molar-refractivity contribution >= 4 is 0 Å². The van der Waals surface area contributed by atoms with Crippen molar-refractivity contribution in [3.05, 3.63) is 35.4 Å². The molecule has 0 aliphatic heterocycles. The SMILES string of the molecule is Fc1ccc(F)c(CCCCCNC2CC2)c1. The second-order valence-electron chi connectivity index (χ2n) is 4.77. The van der Waals surface area contributed by atoms with Crippen LogP contribution in [-0.4, -0.2) is 12.6 Å². The van der Waals surface area contributed by atoms with Gasteiger partial charge < -0.3 is 5.32 Å². The molecule has 0 unspecified atom stereocenters. The van der Waals surface area contributed by atoms with E-state index in [0.717, 1.165) is 31.8 Å². The molecule has 0 spiro atoms. The molecule has 1 aliphatic carbocycles. The molecule has 1 fully saturated rings. The van der Waals surface area contributed by atoms with Crippen LogP contribution in [-0.2, 0) is 6.42 Å². The summed E-state index contributed by atoms with van der Waals surface area (Å²) in [4.78, 5) is 0. The first-order valence-corrected chi connectivity index (χ1v) is 6.43. The third-order valence-electron chi connectivity index (χ3n) is 3.14. The average Bonchev–Trinajstić information content (AvgIpc) is 3.11. The third kappa shape index (κ3) is 4.43. The summed E-state index contributed by atoms with van der Waals surface area (Å²) in [6, 6.07) is 4.44. The van der Waals surface area contributed by atoms with Crippen molar-refractivity contribution in [2.24, 2.45) is 0 Å². The summed E-state index contributed by atoms with van der Waals surface area (Å²) in [6.45, 7) is 1.05. The number of unbranched alkanes of at least 4 members (excludes halogenated alkanes) is 2. The van der Waals surface area contributed by atoms with Gasteiger partial charge in [-0.3, -0.25) is 0 Å². The first-order chi connectivity index (χ1) is 8.25. The molecular formula is C14H19F2N. The Hall–Kier alpha value is -0.960. The molecule has 0 atom stereocenters. The van der Waals surface area contributed by atoms with Crippen molar-refractivity contribution < 1.29 is 8.78 Å². The van der Waals surface area contributed by atoms with Crippen LogP contribution in [0.5, 0.6) is 0 Å².